The lowest BCUT2D eigenvalue weighted by molar-refractivity contribution is -0.141. The molecule has 0 radical (unpaired) electrons. The Bertz CT molecular complexity index is 143. The lowest BCUT2D eigenvalue weighted by atomic mass is 10.0. The Hall–Kier alpha value is -0.610. The summed E-state index contributed by atoms with van der Waals surface area (Å²) >= 11 is 0. The van der Waals surface area contributed by atoms with Crippen LogP contribution in [0.25, 0.3) is 0 Å². The average molecular weight is 158 g/mol. The molecular weight excluding hydrogens is 144 g/mol. The van der Waals surface area contributed by atoms with Crippen LogP contribution in [0, 0.1) is 5.92 Å². The van der Waals surface area contributed by atoms with Gasteiger partial charge in [0.1, 0.15) is 6.61 Å². The number of nitrogens with zero attached hydrogens (tertiary/aromatic N) is 1. The van der Waals surface area contributed by atoms with Gasteiger partial charge in [-0.3, -0.25) is 4.79 Å². The number of rotatable bonds is 3. The van der Waals surface area contributed by atoms with Crippen molar-refractivity contribution in [1.82, 2.24) is 4.90 Å². The Kier molecular flexibility index (Phi) is 2.84. The first kappa shape index (κ1) is 8.49. The summed E-state index contributed by atoms with van der Waals surface area (Å²) in [6.45, 7) is 2.48. The lowest BCUT2D eigenvalue weighted by Gasteiger charge is -2.38. The van der Waals surface area contributed by atoms with E-state index in [0.717, 1.165) is 13.1 Å². The summed E-state index contributed by atoms with van der Waals surface area (Å²) < 4.78 is 4.71. The van der Waals surface area contributed by atoms with Crippen LogP contribution in [0.2, 0.25) is 0 Å². The average Bonchev–Trinajstić information content (AvgIpc) is 1.86. The number of hydrogen-bond donors (Lipinski definition) is 1. The summed E-state index contributed by atoms with van der Waals surface area (Å²) in [5.41, 5.74) is 5.40. The number of carbonyl (C=O) groups excluding carboxylic acids is 1. The van der Waals surface area contributed by atoms with Crippen molar-refractivity contribution in [3.8, 4) is 0 Å². The molecule has 0 atom stereocenters. The first-order valence-corrected chi connectivity index (χ1v) is 3.74. The quantitative estimate of drug-likeness (QED) is 0.576. The summed E-state index contributed by atoms with van der Waals surface area (Å²) in [6, 6.07) is 0. The van der Waals surface area contributed by atoms with Crippen molar-refractivity contribution < 1.29 is 9.53 Å². The van der Waals surface area contributed by atoms with Gasteiger partial charge in [-0.2, -0.15) is 0 Å². The van der Waals surface area contributed by atoms with Gasteiger partial charge < -0.3 is 15.4 Å². The van der Waals surface area contributed by atoms with Crippen LogP contribution in [0.15, 0.2) is 0 Å². The fraction of sp³-hybridized carbons (Fsp3) is 0.857. The molecule has 0 aromatic carbocycles. The number of likely N-dealkylation sites (tertiary alicyclic amines) is 1. The molecule has 1 saturated heterocycles. The highest BCUT2D eigenvalue weighted by Gasteiger charge is 2.28. The van der Waals surface area contributed by atoms with E-state index in [1.807, 2.05) is 0 Å². The van der Waals surface area contributed by atoms with Crippen molar-refractivity contribution in [2.75, 3.05) is 33.4 Å². The number of amides is 1. The third kappa shape index (κ3) is 1.91. The van der Waals surface area contributed by atoms with E-state index in [1.54, 1.807) is 4.90 Å². The van der Waals surface area contributed by atoms with Crippen LogP contribution in [0.3, 0.4) is 0 Å². The Morgan fingerprint density at radius 1 is 1.73 bits per heavy atom. The fourth-order valence-electron chi connectivity index (χ4n) is 1.14. The van der Waals surface area contributed by atoms with Crippen LogP contribution in [0.5, 0.6) is 0 Å². The molecule has 1 amide bonds. The second kappa shape index (κ2) is 3.69. The Morgan fingerprint density at radius 3 is 2.82 bits per heavy atom. The summed E-state index contributed by atoms with van der Waals surface area (Å²) in [5, 5.41) is 0. The zero-order valence-corrected chi connectivity index (χ0v) is 6.75. The van der Waals surface area contributed by atoms with E-state index in [-0.39, 0.29) is 12.5 Å². The van der Waals surface area contributed by atoms with Crippen molar-refractivity contribution >= 4 is 5.91 Å². The number of ether oxygens (including phenoxy) is 1. The standard InChI is InChI=1S/C7H14N2O2/c1-11-5-7(10)9-3-6(2-8)4-9/h6H,2-5,8H2,1H3. The van der Waals surface area contributed by atoms with Gasteiger partial charge in [-0.1, -0.05) is 0 Å². The summed E-state index contributed by atoms with van der Waals surface area (Å²) in [4.78, 5) is 12.8. The molecule has 2 N–H and O–H groups in total. The minimum atomic E-state index is 0.0669. The third-order valence-electron chi connectivity index (χ3n) is 1.91. The Labute approximate surface area is 66.3 Å². The molecule has 0 saturated carbocycles. The highest BCUT2D eigenvalue weighted by Crippen LogP contribution is 2.13. The zero-order chi connectivity index (χ0) is 8.27. The molecule has 0 spiro atoms. The highest BCUT2D eigenvalue weighted by molar-refractivity contribution is 5.78. The normalized spacial score (nSPS) is 18.2. The monoisotopic (exact) mass is 158 g/mol. The second-order valence-corrected chi connectivity index (χ2v) is 2.83. The van der Waals surface area contributed by atoms with Gasteiger partial charge in [0.05, 0.1) is 0 Å². The van der Waals surface area contributed by atoms with Gasteiger partial charge in [0.25, 0.3) is 0 Å². The van der Waals surface area contributed by atoms with Crippen LogP contribution >= 0.6 is 0 Å². The summed E-state index contributed by atoms with van der Waals surface area (Å²) in [6.07, 6.45) is 0. The predicted molar refractivity (Wildman–Crippen MR) is 41.0 cm³/mol. The minimum Gasteiger partial charge on any atom is -0.375 e. The van der Waals surface area contributed by atoms with E-state index in [0.29, 0.717) is 12.5 Å². The van der Waals surface area contributed by atoms with Gasteiger partial charge in [0, 0.05) is 26.1 Å². The van der Waals surface area contributed by atoms with Crippen molar-refractivity contribution in [1.29, 1.82) is 0 Å². The topological polar surface area (TPSA) is 55.6 Å². The van der Waals surface area contributed by atoms with Crippen molar-refractivity contribution in [3.63, 3.8) is 0 Å². The van der Waals surface area contributed by atoms with Crippen LogP contribution in [0.1, 0.15) is 0 Å². The first-order valence-electron chi connectivity index (χ1n) is 3.74. The number of nitrogens with two attached hydrogens (primary N) is 1. The van der Waals surface area contributed by atoms with Gasteiger partial charge in [-0.25, -0.2) is 0 Å². The van der Waals surface area contributed by atoms with Gasteiger partial charge >= 0.3 is 0 Å². The molecule has 1 rings (SSSR count). The SMILES string of the molecule is COCC(=O)N1CC(CN)C1. The smallest absolute Gasteiger partial charge is 0.248 e. The Morgan fingerprint density at radius 2 is 2.36 bits per heavy atom. The maximum Gasteiger partial charge on any atom is 0.248 e. The maximum atomic E-state index is 11.0. The predicted octanol–water partition coefficient (Wildman–Crippen LogP) is -0.950. The van der Waals surface area contributed by atoms with Gasteiger partial charge in [0.15, 0.2) is 0 Å². The maximum absolute atomic E-state index is 11.0. The van der Waals surface area contributed by atoms with Crippen LogP contribution < -0.4 is 5.73 Å². The molecule has 4 nitrogen and oxygen atoms in total. The molecule has 1 aliphatic heterocycles. The molecular formula is C7H14N2O2. The van der Waals surface area contributed by atoms with Crippen LogP contribution in [0.4, 0.5) is 0 Å². The van der Waals surface area contributed by atoms with E-state index < -0.39 is 0 Å². The molecule has 0 aromatic heterocycles. The van der Waals surface area contributed by atoms with E-state index in [1.165, 1.54) is 7.11 Å². The number of hydrogen-bond acceptors (Lipinski definition) is 3. The summed E-state index contributed by atoms with van der Waals surface area (Å²) in [5.74, 6) is 0.577. The minimum absolute atomic E-state index is 0.0669. The second-order valence-electron chi connectivity index (χ2n) is 2.83. The fourth-order valence-corrected chi connectivity index (χ4v) is 1.14. The molecule has 0 unspecified atom stereocenters. The molecule has 4 heteroatoms. The zero-order valence-electron chi connectivity index (χ0n) is 6.75. The molecule has 1 aliphatic rings. The molecule has 1 heterocycles. The molecule has 11 heavy (non-hydrogen) atoms. The molecule has 0 aromatic rings. The van der Waals surface area contributed by atoms with E-state index in [4.69, 9.17) is 10.5 Å². The number of methoxy groups -OCH3 is 1. The van der Waals surface area contributed by atoms with Crippen molar-refractivity contribution in [2.24, 2.45) is 11.7 Å². The van der Waals surface area contributed by atoms with Gasteiger partial charge in [-0.15, -0.1) is 0 Å². The van der Waals surface area contributed by atoms with Gasteiger partial charge in [0.2, 0.25) is 5.91 Å². The molecule has 0 aliphatic carbocycles. The summed E-state index contributed by atoms with van der Waals surface area (Å²) in [7, 11) is 1.53. The van der Waals surface area contributed by atoms with E-state index >= 15 is 0 Å². The van der Waals surface area contributed by atoms with Gasteiger partial charge in [-0.05, 0) is 6.54 Å². The van der Waals surface area contributed by atoms with Crippen LogP contribution in [-0.2, 0) is 9.53 Å². The molecule has 0 bridgehead atoms. The van der Waals surface area contributed by atoms with Crippen molar-refractivity contribution in [3.05, 3.63) is 0 Å². The van der Waals surface area contributed by atoms with Crippen molar-refractivity contribution in [2.45, 2.75) is 0 Å². The largest absolute Gasteiger partial charge is 0.375 e. The first-order chi connectivity index (χ1) is 5.27. The number of carbonyl (C=O) groups is 1. The molecule has 1 fully saturated rings. The third-order valence-corrected chi connectivity index (χ3v) is 1.91. The van der Waals surface area contributed by atoms with E-state index in [9.17, 15) is 4.79 Å². The van der Waals surface area contributed by atoms with E-state index in [2.05, 4.69) is 0 Å². The highest BCUT2D eigenvalue weighted by atomic mass is 16.5. The van der Waals surface area contributed by atoms with Crippen LogP contribution in [-0.4, -0.2) is 44.2 Å². The lowest BCUT2D eigenvalue weighted by Crippen LogP contribution is -2.53. The molecule has 64 valence electrons. The Balaban J connectivity index is 2.16.